The average molecular weight is 490 g/mol. The van der Waals surface area contributed by atoms with Crippen molar-refractivity contribution in [3.8, 4) is 0 Å². The minimum Gasteiger partial charge on any atom is -0.394 e. The maximum atomic E-state index is 13.2. The zero-order chi connectivity index (χ0) is 26.1. The van der Waals surface area contributed by atoms with Crippen molar-refractivity contribution in [1.82, 2.24) is 0 Å². The van der Waals surface area contributed by atoms with Gasteiger partial charge in [-0.1, -0.05) is 0 Å². The summed E-state index contributed by atoms with van der Waals surface area (Å²) in [7, 11) is 0. The Labute approximate surface area is 200 Å². The van der Waals surface area contributed by atoms with E-state index in [1.165, 1.54) is 24.3 Å². The number of ketones is 2. The van der Waals surface area contributed by atoms with Crippen LogP contribution in [0.2, 0.25) is 0 Å². The van der Waals surface area contributed by atoms with Crippen LogP contribution in [0.4, 0.5) is 11.4 Å². The summed E-state index contributed by atoms with van der Waals surface area (Å²) in [5.41, 5.74) is -0.588. The van der Waals surface area contributed by atoms with E-state index in [1.54, 1.807) is 13.8 Å². The topological polar surface area (TPSA) is 179 Å². The first kappa shape index (κ1) is 27.7. The number of non-ortho nitro benzene ring substituents is 2. The molecule has 2 rings (SSSR count). The minimum absolute atomic E-state index is 0.0388. The molecule has 0 saturated carbocycles. The Morgan fingerprint density at radius 3 is 1.57 bits per heavy atom. The Bertz CT molecular complexity index is 970. The molecule has 2 aromatic carbocycles. The molecule has 0 spiro atoms. The van der Waals surface area contributed by atoms with Gasteiger partial charge in [-0.3, -0.25) is 29.8 Å². The van der Waals surface area contributed by atoms with Crippen LogP contribution in [-0.2, 0) is 9.47 Å². The van der Waals surface area contributed by atoms with Crippen molar-refractivity contribution in [2.24, 2.45) is 5.92 Å². The largest absolute Gasteiger partial charge is 0.394 e. The molecule has 12 heteroatoms. The molecular weight excluding hydrogens is 464 g/mol. The van der Waals surface area contributed by atoms with Crippen molar-refractivity contribution in [2.45, 2.75) is 32.2 Å². The molecule has 0 heterocycles. The number of nitro groups is 2. The van der Waals surface area contributed by atoms with Gasteiger partial charge in [0.1, 0.15) is 5.92 Å². The monoisotopic (exact) mass is 490 g/mol. The number of benzene rings is 2. The molecule has 0 aliphatic heterocycles. The van der Waals surface area contributed by atoms with E-state index in [9.17, 15) is 34.9 Å². The van der Waals surface area contributed by atoms with E-state index in [2.05, 4.69) is 0 Å². The number of ether oxygens (including phenoxy) is 2. The van der Waals surface area contributed by atoms with E-state index in [1.807, 2.05) is 0 Å². The molecular formula is C23H26N2O10. The van der Waals surface area contributed by atoms with Crippen molar-refractivity contribution >= 4 is 22.9 Å². The summed E-state index contributed by atoms with van der Waals surface area (Å²) < 4.78 is 10.9. The first-order valence-corrected chi connectivity index (χ1v) is 10.6. The maximum Gasteiger partial charge on any atom is 0.269 e. The fourth-order valence-corrected chi connectivity index (χ4v) is 3.08. The third-order valence-electron chi connectivity index (χ3n) is 5.10. The molecule has 0 fully saturated rings. The zero-order valence-electron chi connectivity index (χ0n) is 19.1. The molecule has 35 heavy (non-hydrogen) atoms. The fraction of sp³-hybridized carbons (Fsp3) is 0.391. The van der Waals surface area contributed by atoms with Crippen LogP contribution >= 0.6 is 0 Å². The summed E-state index contributed by atoms with van der Waals surface area (Å²) >= 11 is 0. The van der Waals surface area contributed by atoms with E-state index < -0.39 is 52.2 Å². The predicted octanol–water partition coefficient (Wildman–Crippen LogP) is 2.35. The van der Waals surface area contributed by atoms with Gasteiger partial charge in [0.05, 0.1) is 48.0 Å². The molecule has 2 N–H and O–H groups in total. The lowest BCUT2D eigenvalue weighted by Gasteiger charge is -2.23. The maximum absolute atomic E-state index is 13.2. The Morgan fingerprint density at radius 2 is 1.20 bits per heavy atom. The summed E-state index contributed by atoms with van der Waals surface area (Å²) in [6, 6.07) is 9.12. The molecule has 12 nitrogen and oxygen atoms in total. The van der Waals surface area contributed by atoms with Crippen molar-refractivity contribution in [2.75, 3.05) is 19.8 Å². The van der Waals surface area contributed by atoms with E-state index >= 15 is 0 Å². The standard InChI is InChI=1S/C23H26N2O10/c1-14(11-26)34-12-15(2)35-13-20(27)21(22(28)16-3-7-18(8-4-16)24(30)31)23(29)17-5-9-19(10-6-17)25(32)33/h3-10,14-15,20-21,26-27H,11-13H2,1-2H3. The van der Waals surface area contributed by atoms with Gasteiger partial charge in [-0.2, -0.15) is 0 Å². The van der Waals surface area contributed by atoms with Crippen molar-refractivity contribution in [3.63, 3.8) is 0 Å². The number of aliphatic hydroxyl groups excluding tert-OH is 2. The Hall–Kier alpha value is -3.58. The Morgan fingerprint density at radius 1 is 0.800 bits per heavy atom. The predicted molar refractivity (Wildman–Crippen MR) is 122 cm³/mol. The van der Waals surface area contributed by atoms with Crippen LogP contribution in [-0.4, -0.2) is 69.8 Å². The third kappa shape index (κ3) is 7.72. The van der Waals surface area contributed by atoms with Gasteiger partial charge in [0.2, 0.25) is 0 Å². The second-order valence-corrected chi connectivity index (χ2v) is 7.85. The van der Waals surface area contributed by atoms with Gasteiger partial charge in [-0.15, -0.1) is 0 Å². The summed E-state index contributed by atoms with van der Waals surface area (Å²) in [5.74, 6) is -3.23. The molecule has 3 unspecified atom stereocenters. The third-order valence-corrected chi connectivity index (χ3v) is 5.10. The van der Waals surface area contributed by atoms with Gasteiger partial charge in [0, 0.05) is 35.4 Å². The van der Waals surface area contributed by atoms with Crippen LogP contribution in [0.1, 0.15) is 34.6 Å². The SMILES string of the molecule is CC(CO)OCC(C)OCC(O)C(C(=O)c1ccc([N+](=O)[O-])cc1)C(=O)c1ccc([N+](=O)[O-])cc1. The minimum atomic E-state index is -1.64. The van der Waals surface area contributed by atoms with Crippen molar-refractivity contribution in [3.05, 3.63) is 79.9 Å². The van der Waals surface area contributed by atoms with E-state index in [0.717, 1.165) is 24.3 Å². The van der Waals surface area contributed by atoms with Gasteiger partial charge >= 0.3 is 0 Å². The number of Topliss-reactive ketones (excluding diaryl/α,β-unsaturated/α-hetero) is 2. The number of carbonyl (C=O) groups excluding carboxylic acids is 2. The molecule has 0 bridgehead atoms. The Balaban J connectivity index is 2.26. The number of hydrogen-bond acceptors (Lipinski definition) is 10. The number of carbonyl (C=O) groups is 2. The summed E-state index contributed by atoms with van der Waals surface area (Å²) in [6.07, 6.45) is -2.56. The Kier molecular flexibility index (Phi) is 10.1. The lowest BCUT2D eigenvalue weighted by atomic mass is 9.86. The number of rotatable bonds is 14. The normalized spacial score (nSPS) is 13.7. The molecule has 0 aliphatic carbocycles. The highest BCUT2D eigenvalue weighted by Crippen LogP contribution is 2.23. The number of hydrogen-bond donors (Lipinski definition) is 2. The molecule has 0 radical (unpaired) electrons. The average Bonchev–Trinajstić information content (AvgIpc) is 2.85. The molecule has 188 valence electrons. The summed E-state index contributed by atoms with van der Waals surface area (Å²) in [5, 5.41) is 41.6. The molecule has 0 saturated heterocycles. The molecule has 0 aromatic heterocycles. The van der Waals surface area contributed by atoms with Crippen molar-refractivity contribution < 1.29 is 39.1 Å². The highest BCUT2D eigenvalue weighted by molar-refractivity contribution is 6.16. The number of nitro benzene ring substituents is 2. The highest BCUT2D eigenvalue weighted by atomic mass is 16.6. The summed E-state index contributed by atoms with van der Waals surface area (Å²) in [6.45, 7) is 2.78. The van der Waals surface area contributed by atoms with Gasteiger partial charge in [-0.25, -0.2) is 0 Å². The lowest BCUT2D eigenvalue weighted by molar-refractivity contribution is -0.385. The zero-order valence-corrected chi connectivity index (χ0v) is 19.1. The van der Waals surface area contributed by atoms with Gasteiger partial charge in [-0.05, 0) is 38.1 Å². The molecule has 0 aliphatic rings. The first-order chi connectivity index (χ1) is 16.5. The van der Waals surface area contributed by atoms with E-state index in [0.29, 0.717) is 0 Å². The van der Waals surface area contributed by atoms with Gasteiger partial charge < -0.3 is 19.7 Å². The van der Waals surface area contributed by atoms with Crippen LogP contribution in [0.15, 0.2) is 48.5 Å². The lowest BCUT2D eigenvalue weighted by Crippen LogP contribution is -2.39. The quantitative estimate of drug-likeness (QED) is 0.173. The van der Waals surface area contributed by atoms with Gasteiger partial charge in [0.25, 0.3) is 11.4 Å². The molecule has 0 amide bonds. The van der Waals surface area contributed by atoms with Gasteiger partial charge in [0.15, 0.2) is 11.6 Å². The van der Waals surface area contributed by atoms with Crippen LogP contribution in [0.5, 0.6) is 0 Å². The van der Waals surface area contributed by atoms with Crippen LogP contribution in [0.3, 0.4) is 0 Å². The van der Waals surface area contributed by atoms with Crippen LogP contribution in [0, 0.1) is 26.1 Å². The van der Waals surface area contributed by atoms with Crippen LogP contribution < -0.4 is 0 Å². The fourth-order valence-electron chi connectivity index (χ4n) is 3.08. The summed E-state index contributed by atoms with van der Waals surface area (Å²) in [4.78, 5) is 46.9. The van der Waals surface area contributed by atoms with Crippen LogP contribution in [0.25, 0.3) is 0 Å². The highest BCUT2D eigenvalue weighted by Gasteiger charge is 2.36. The number of nitrogens with zero attached hydrogens (tertiary/aromatic N) is 2. The second-order valence-electron chi connectivity index (χ2n) is 7.85. The molecule has 2 aromatic rings. The van der Waals surface area contributed by atoms with E-state index in [-0.39, 0.29) is 35.7 Å². The van der Waals surface area contributed by atoms with Crippen molar-refractivity contribution in [1.29, 1.82) is 0 Å². The smallest absolute Gasteiger partial charge is 0.269 e. The second kappa shape index (κ2) is 12.8. The van der Waals surface area contributed by atoms with E-state index in [4.69, 9.17) is 14.6 Å². The number of aliphatic hydroxyl groups is 2. The first-order valence-electron chi connectivity index (χ1n) is 10.6. The molecule has 3 atom stereocenters.